The van der Waals surface area contributed by atoms with Crippen molar-refractivity contribution in [3.63, 3.8) is 0 Å². The van der Waals surface area contributed by atoms with Gasteiger partial charge < -0.3 is 11.1 Å². The molecule has 78 valence electrons. The molecule has 1 aromatic heterocycles. The summed E-state index contributed by atoms with van der Waals surface area (Å²) < 4.78 is 0. The molecule has 0 saturated heterocycles. The molecule has 0 fully saturated rings. The maximum atomic E-state index is 5.92. The molecule has 0 unspecified atom stereocenters. The third kappa shape index (κ3) is 3.01. The van der Waals surface area contributed by atoms with E-state index in [1.54, 1.807) is 6.07 Å². The van der Waals surface area contributed by atoms with Crippen molar-refractivity contribution in [3.05, 3.63) is 21.9 Å². The Hall–Kier alpha value is -0.510. The fraction of sp³-hybridized carbons (Fsp3) is 0.444. The molecule has 0 aliphatic rings. The summed E-state index contributed by atoms with van der Waals surface area (Å²) in [5.41, 5.74) is 7.21. The SMILES string of the molecule is Cc1cc(Cl)nc(Cl)c1NCCCN. The highest BCUT2D eigenvalue weighted by atomic mass is 35.5. The molecule has 3 nitrogen and oxygen atoms in total. The van der Waals surface area contributed by atoms with Crippen LogP contribution in [0.2, 0.25) is 10.3 Å². The highest BCUT2D eigenvalue weighted by molar-refractivity contribution is 6.34. The molecule has 0 radical (unpaired) electrons. The standard InChI is InChI=1S/C9H13Cl2N3/c1-6-5-7(10)14-9(11)8(6)13-4-2-3-12/h5,13H,2-4,12H2,1H3. The maximum absolute atomic E-state index is 5.92. The first-order chi connectivity index (χ1) is 6.65. The van der Waals surface area contributed by atoms with Gasteiger partial charge in [0.05, 0.1) is 5.69 Å². The van der Waals surface area contributed by atoms with Crippen molar-refractivity contribution in [1.29, 1.82) is 0 Å². The molecule has 0 aromatic carbocycles. The number of hydrogen-bond acceptors (Lipinski definition) is 3. The van der Waals surface area contributed by atoms with Gasteiger partial charge in [-0.3, -0.25) is 0 Å². The number of aryl methyl sites for hydroxylation is 1. The number of hydrogen-bond donors (Lipinski definition) is 2. The average molecular weight is 234 g/mol. The zero-order valence-corrected chi connectivity index (χ0v) is 9.49. The van der Waals surface area contributed by atoms with E-state index >= 15 is 0 Å². The number of nitrogens with two attached hydrogens (primary N) is 1. The summed E-state index contributed by atoms with van der Waals surface area (Å²) in [6.45, 7) is 3.38. The van der Waals surface area contributed by atoms with E-state index in [1.807, 2.05) is 6.92 Å². The van der Waals surface area contributed by atoms with Gasteiger partial charge in [-0.2, -0.15) is 0 Å². The van der Waals surface area contributed by atoms with Crippen LogP contribution in [0.15, 0.2) is 6.07 Å². The summed E-state index contributed by atoms with van der Waals surface area (Å²) in [7, 11) is 0. The highest BCUT2D eigenvalue weighted by Gasteiger charge is 2.06. The number of nitrogens with one attached hydrogen (secondary N) is 1. The minimum absolute atomic E-state index is 0.409. The lowest BCUT2D eigenvalue weighted by molar-refractivity contribution is 0.872. The topological polar surface area (TPSA) is 50.9 Å². The van der Waals surface area contributed by atoms with Gasteiger partial charge in [-0.25, -0.2) is 4.98 Å². The molecule has 5 heteroatoms. The number of anilines is 1. The van der Waals surface area contributed by atoms with Gasteiger partial charge in [0.2, 0.25) is 0 Å². The summed E-state index contributed by atoms with van der Waals surface area (Å²) in [5.74, 6) is 0. The van der Waals surface area contributed by atoms with Crippen molar-refractivity contribution in [2.24, 2.45) is 5.73 Å². The van der Waals surface area contributed by atoms with Crippen LogP contribution in [0.4, 0.5) is 5.69 Å². The molecule has 1 heterocycles. The molecule has 0 aliphatic carbocycles. The van der Waals surface area contributed by atoms with E-state index in [1.165, 1.54) is 0 Å². The van der Waals surface area contributed by atoms with E-state index < -0.39 is 0 Å². The lowest BCUT2D eigenvalue weighted by Gasteiger charge is -2.10. The Labute approximate surface area is 93.6 Å². The summed E-state index contributed by atoms with van der Waals surface area (Å²) in [4.78, 5) is 3.95. The van der Waals surface area contributed by atoms with Crippen LogP contribution >= 0.6 is 23.2 Å². The molecule has 0 amide bonds. The lowest BCUT2D eigenvalue weighted by atomic mass is 10.2. The van der Waals surface area contributed by atoms with Crippen LogP contribution in [0.5, 0.6) is 0 Å². The molecular weight excluding hydrogens is 221 g/mol. The number of rotatable bonds is 4. The van der Waals surface area contributed by atoms with E-state index in [0.717, 1.165) is 24.2 Å². The molecule has 0 aliphatic heterocycles. The largest absolute Gasteiger partial charge is 0.382 e. The van der Waals surface area contributed by atoms with Crippen molar-refractivity contribution in [1.82, 2.24) is 4.98 Å². The first-order valence-corrected chi connectivity index (χ1v) is 5.17. The van der Waals surface area contributed by atoms with Gasteiger partial charge in [0.15, 0.2) is 5.15 Å². The Morgan fingerprint density at radius 2 is 2.21 bits per heavy atom. The fourth-order valence-electron chi connectivity index (χ4n) is 1.12. The normalized spacial score (nSPS) is 10.3. The van der Waals surface area contributed by atoms with Crippen LogP contribution in [0.3, 0.4) is 0 Å². The Morgan fingerprint density at radius 1 is 1.50 bits per heavy atom. The monoisotopic (exact) mass is 233 g/mol. The summed E-state index contributed by atoms with van der Waals surface area (Å²) in [5, 5.41) is 4.00. The van der Waals surface area contributed by atoms with Crippen LogP contribution in [0.1, 0.15) is 12.0 Å². The second-order valence-electron chi connectivity index (χ2n) is 3.00. The van der Waals surface area contributed by atoms with Gasteiger partial charge in [0.1, 0.15) is 5.15 Å². The Morgan fingerprint density at radius 3 is 2.79 bits per heavy atom. The van der Waals surface area contributed by atoms with Crippen LogP contribution in [0.25, 0.3) is 0 Å². The highest BCUT2D eigenvalue weighted by Crippen LogP contribution is 2.26. The predicted molar refractivity (Wildman–Crippen MR) is 61.2 cm³/mol. The Balaban J connectivity index is 2.75. The van der Waals surface area contributed by atoms with Gasteiger partial charge in [-0.05, 0) is 31.5 Å². The molecule has 0 saturated carbocycles. The third-order valence-corrected chi connectivity index (χ3v) is 2.29. The van der Waals surface area contributed by atoms with Crippen LogP contribution in [-0.4, -0.2) is 18.1 Å². The maximum Gasteiger partial charge on any atom is 0.154 e. The number of nitrogens with zero attached hydrogens (tertiary/aromatic N) is 1. The number of pyridine rings is 1. The zero-order valence-electron chi connectivity index (χ0n) is 7.98. The van der Waals surface area contributed by atoms with Crippen molar-refractivity contribution < 1.29 is 0 Å². The average Bonchev–Trinajstić information content (AvgIpc) is 2.09. The van der Waals surface area contributed by atoms with E-state index in [2.05, 4.69) is 10.3 Å². The van der Waals surface area contributed by atoms with Crippen LogP contribution in [0, 0.1) is 6.92 Å². The van der Waals surface area contributed by atoms with Gasteiger partial charge in [-0.1, -0.05) is 23.2 Å². The van der Waals surface area contributed by atoms with Crippen molar-refractivity contribution >= 4 is 28.9 Å². The second-order valence-corrected chi connectivity index (χ2v) is 3.74. The second kappa shape index (κ2) is 5.39. The van der Waals surface area contributed by atoms with E-state index in [4.69, 9.17) is 28.9 Å². The van der Waals surface area contributed by atoms with Crippen LogP contribution in [-0.2, 0) is 0 Å². The van der Waals surface area contributed by atoms with Gasteiger partial charge >= 0.3 is 0 Å². The van der Waals surface area contributed by atoms with Gasteiger partial charge in [0.25, 0.3) is 0 Å². The van der Waals surface area contributed by atoms with E-state index in [0.29, 0.717) is 16.9 Å². The molecule has 3 N–H and O–H groups in total. The molecular formula is C9H13Cl2N3. The number of aromatic nitrogens is 1. The molecule has 1 aromatic rings. The van der Waals surface area contributed by atoms with E-state index in [9.17, 15) is 0 Å². The van der Waals surface area contributed by atoms with Gasteiger partial charge in [0, 0.05) is 6.54 Å². The Bertz CT molecular complexity index is 292. The first kappa shape index (κ1) is 11.6. The fourth-order valence-corrected chi connectivity index (χ4v) is 1.72. The van der Waals surface area contributed by atoms with E-state index in [-0.39, 0.29) is 0 Å². The minimum Gasteiger partial charge on any atom is -0.382 e. The summed E-state index contributed by atoms with van der Waals surface area (Å²) >= 11 is 11.7. The molecule has 0 atom stereocenters. The zero-order chi connectivity index (χ0) is 10.6. The summed E-state index contributed by atoms with van der Waals surface area (Å²) in [6, 6.07) is 1.78. The van der Waals surface area contributed by atoms with Gasteiger partial charge in [-0.15, -0.1) is 0 Å². The Kier molecular flexibility index (Phi) is 4.45. The van der Waals surface area contributed by atoms with Crippen molar-refractivity contribution in [2.75, 3.05) is 18.4 Å². The van der Waals surface area contributed by atoms with Crippen molar-refractivity contribution in [2.45, 2.75) is 13.3 Å². The van der Waals surface area contributed by atoms with Crippen molar-refractivity contribution in [3.8, 4) is 0 Å². The number of halogens is 2. The molecule has 1 rings (SSSR count). The smallest absolute Gasteiger partial charge is 0.154 e. The molecule has 14 heavy (non-hydrogen) atoms. The summed E-state index contributed by atoms with van der Waals surface area (Å²) in [6.07, 6.45) is 0.901. The quantitative estimate of drug-likeness (QED) is 0.621. The first-order valence-electron chi connectivity index (χ1n) is 4.41. The predicted octanol–water partition coefficient (Wildman–Crippen LogP) is 2.46. The third-order valence-electron chi connectivity index (χ3n) is 1.82. The molecule has 0 spiro atoms. The molecule has 0 bridgehead atoms. The minimum atomic E-state index is 0.409. The lowest BCUT2D eigenvalue weighted by Crippen LogP contribution is -2.09. The van der Waals surface area contributed by atoms with Crippen LogP contribution < -0.4 is 11.1 Å².